The van der Waals surface area contributed by atoms with Crippen molar-refractivity contribution in [3.63, 3.8) is 0 Å². The van der Waals surface area contributed by atoms with Gasteiger partial charge in [-0.1, -0.05) is 45.2 Å². The molecule has 1 aromatic rings. The molecule has 0 spiro atoms. The summed E-state index contributed by atoms with van der Waals surface area (Å²) in [4.78, 5) is 4.52. The molecule has 0 radical (unpaired) electrons. The first-order valence-corrected chi connectivity index (χ1v) is 6.66. The number of nitrogens with two attached hydrogens (primary N) is 1. The molecule has 2 N–H and O–H groups in total. The van der Waals surface area contributed by atoms with Crippen molar-refractivity contribution in [2.24, 2.45) is 11.7 Å². The molecule has 96 valence electrons. The van der Waals surface area contributed by atoms with Gasteiger partial charge in [-0.15, -0.1) is 0 Å². The van der Waals surface area contributed by atoms with Gasteiger partial charge in [-0.05, 0) is 18.8 Å². The Hall–Kier alpha value is -0.900. The van der Waals surface area contributed by atoms with Crippen LogP contribution in [0.5, 0.6) is 0 Å². The molecule has 1 unspecified atom stereocenters. The van der Waals surface area contributed by atoms with Crippen molar-refractivity contribution >= 4 is 0 Å². The first-order valence-electron chi connectivity index (χ1n) is 6.66. The molecule has 1 fully saturated rings. The lowest BCUT2D eigenvalue weighted by molar-refractivity contribution is 0.270. The second-order valence-electron chi connectivity index (χ2n) is 5.71. The average molecular weight is 237 g/mol. The highest BCUT2D eigenvalue weighted by Crippen LogP contribution is 2.34. The molecule has 1 heterocycles. The number of hydrogen-bond donors (Lipinski definition) is 1. The molecule has 4 nitrogen and oxygen atoms in total. The van der Waals surface area contributed by atoms with E-state index in [1.165, 1.54) is 19.3 Å². The lowest BCUT2D eigenvalue weighted by Crippen LogP contribution is -2.39. The van der Waals surface area contributed by atoms with E-state index in [0.29, 0.717) is 17.7 Å². The first kappa shape index (κ1) is 12.6. The van der Waals surface area contributed by atoms with Crippen molar-refractivity contribution in [1.29, 1.82) is 0 Å². The van der Waals surface area contributed by atoms with Crippen molar-refractivity contribution < 1.29 is 4.52 Å². The minimum atomic E-state index is -0.350. The Bertz CT molecular complexity index is 366. The fraction of sp³-hybridized carbons (Fsp3) is 0.846. The van der Waals surface area contributed by atoms with Crippen molar-refractivity contribution in [1.82, 2.24) is 10.1 Å². The predicted molar refractivity (Wildman–Crippen MR) is 66.5 cm³/mol. The molecule has 1 atom stereocenters. The maximum Gasteiger partial charge on any atom is 0.229 e. The fourth-order valence-corrected chi connectivity index (χ4v) is 2.31. The van der Waals surface area contributed by atoms with Gasteiger partial charge < -0.3 is 10.3 Å². The molecule has 4 heteroatoms. The van der Waals surface area contributed by atoms with Crippen molar-refractivity contribution in [3.05, 3.63) is 11.7 Å². The van der Waals surface area contributed by atoms with E-state index in [4.69, 9.17) is 10.3 Å². The Kier molecular flexibility index (Phi) is 3.52. The summed E-state index contributed by atoms with van der Waals surface area (Å²) >= 11 is 0. The molecule has 1 aliphatic rings. The molecule has 0 aliphatic heterocycles. The lowest BCUT2D eigenvalue weighted by atomic mass is 9.82. The highest BCUT2D eigenvalue weighted by Gasteiger charge is 2.34. The van der Waals surface area contributed by atoms with Crippen LogP contribution in [0.1, 0.15) is 70.5 Å². The Labute approximate surface area is 103 Å². The monoisotopic (exact) mass is 237 g/mol. The third-order valence-corrected chi connectivity index (χ3v) is 4.02. The second-order valence-corrected chi connectivity index (χ2v) is 5.71. The van der Waals surface area contributed by atoms with Gasteiger partial charge in [0, 0.05) is 5.92 Å². The minimum Gasteiger partial charge on any atom is -0.339 e. The molecule has 0 saturated heterocycles. The minimum absolute atomic E-state index is 0.295. The highest BCUT2D eigenvalue weighted by molar-refractivity contribution is 5.06. The third kappa shape index (κ3) is 2.51. The fourth-order valence-electron chi connectivity index (χ4n) is 2.31. The summed E-state index contributed by atoms with van der Waals surface area (Å²) in [5, 5.41) is 4.10. The zero-order valence-corrected chi connectivity index (χ0v) is 11.1. The molecule has 17 heavy (non-hydrogen) atoms. The van der Waals surface area contributed by atoms with E-state index in [1.54, 1.807) is 0 Å². The normalized spacial score (nSPS) is 21.7. The zero-order valence-electron chi connectivity index (χ0n) is 11.1. The second kappa shape index (κ2) is 4.77. The van der Waals surface area contributed by atoms with Crippen molar-refractivity contribution in [2.45, 2.75) is 64.3 Å². The van der Waals surface area contributed by atoms with Crippen LogP contribution >= 0.6 is 0 Å². The Morgan fingerprint density at radius 3 is 2.41 bits per heavy atom. The van der Waals surface area contributed by atoms with Crippen LogP contribution < -0.4 is 5.73 Å². The van der Waals surface area contributed by atoms with Gasteiger partial charge >= 0.3 is 0 Å². The number of nitrogens with zero attached hydrogens (tertiary/aromatic N) is 2. The third-order valence-electron chi connectivity index (χ3n) is 4.02. The highest BCUT2D eigenvalue weighted by atomic mass is 16.5. The van der Waals surface area contributed by atoms with Gasteiger partial charge in [-0.3, -0.25) is 0 Å². The van der Waals surface area contributed by atoms with E-state index in [9.17, 15) is 0 Å². The van der Waals surface area contributed by atoms with Crippen LogP contribution in [0.15, 0.2) is 4.52 Å². The maximum absolute atomic E-state index is 6.38. The largest absolute Gasteiger partial charge is 0.339 e. The van der Waals surface area contributed by atoms with Crippen molar-refractivity contribution in [3.8, 4) is 0 Å². The number of hydrogen-bond acceptors (Lipinski definition) is 4. The van der Waals surface area contributed by atoms with Crippen LogP contribution in [0.3, 0.4) is 0 Å². The smallest absolute Gasteiger partial charge is 0.229 e. The Morgan fingerprint density at radius 2 is 1.82 bits per heavy atom. The zero-order chi connectivity index (χ0) is 12.5. The first-order chi connectivity index (χ1) is 8.03. The topological polar surface area (TPSA) is 64.9 Å². The molecule has 0 aromatic carbocycles. The van der Waals surface area contributed by atoms with E-state index in [2.05, 4.69) is 30.9 Å². The summed E-state index contributed by atoms with van der Waals surface area (Å²) in [6.07, 6.45) is 5.55. The molecule has 1 aromatic heterocycles. The summed E-state index contributed by atoms with van der Waals surface area (Å²) in [5.41, 5.74) is 6.03. The van der Waals surface area contributed by atoms with Crippen LogP contribution in [0, 0.1) is 5.92 Å². The van der Waals surface area contributed by atoms with E-state index >= 15 is 0 Å². The number of rotatable bonds is 3. The Balaban J connectivity index is 2.17. The molecule has 2 rings (SSSR count). The summed E-state index contributed by atoms with van der Waals surface area (Å²) in [5.74, 6) is 2.23. The lowest BCUT2D eigenvalue weighted by Gasteiger charge is -2.29. The van der Waals surface area contributed by atoms with Gasteiger partial charge in [-0.25, -0.2) is 0 Å². The Morgan fingerprint density at radius 1 is 1.18 bits per heavy atom. The van der Waals surface area contributed by atoms with Crippen LogP contribution in [0.4, 0.5) is 0 Å². The molecular formula is C13H23N3O. The van der Waals surface area contributed by atoms with Crippen LogP contribution in [0.2, 0.25) is 0 Å². The standard InChI is InChI=1S/C13H23N3O/c1-9(2)10(3)11-15-12(16-17-11)13(14)7-5-4-6-8-13/h9-10H,4-8,14H2,1-3H3. The van der Waals surface area contributed by atoms with Gasteiger partial charge in [0.25, 0.3) is 0 Å². The summed E-state index contributed by atoms with van der Waals surface area (Å²) in [6, 6.07) is 0. The van der Waals surface area contributed by atoms with Crippen LogP contribution in [0.25, 0.3) is 0 Å². The number of aromatic nitrogens is 2. The van der Waals surface area contributed by atoms with Crippen molar-refractivity contribution in [2.75, 3.05) is 0 Å². The predicted octanol–water partition coefficient (Wildman–Crippen LogP) is 2.95. The summed E-state index contributed by atoms with van der Waals surface area (Å²) in [7, 11) is 0. The van der Waals surface area contributed by atoms with E-state index in [-0.39, 0.29) is 5.54 Å². The maximum atomic E-state index is 6.38. The molecule has 0 bridgehead atoms. The molecule has 0 amide bonds. The van der Waals surface area contributed by atoms with E-state index in [1.807, 2.05) is 0 Å². The van der Waals surface area contributed by atoms with Gasteiger partial charge in [-0.2, -0.15) is 4.98 Å². The van der Waals surface area contributed by atoms with Crippen LogP contribution in [-0.4, -0.2) is 10.1 Å². The summed E-state index contributed by atoms with van der Waals surface area (Å²) in [6.45, 7) is 6.44. The SMILES string of the molecule is CC(C)C(C)c1nc(C2(N)CCCCC2)no1. The average Bonchev–Trinajstić information content (AvgIpc) is 2.78. The van der Waals surface area contributed by atoms with Gasteiger partial charge in [0.1, 0.15) is 0 Å². The van der Waals surface area contributed by atoms with E-state index in [0.717, 1.165) is 18.7 Å². The quantitative estimate of drug-likeness (QED) is 0.877. The van der Waals surface area contributed by atoms with Gasteiger partial charge in [0.05, 0.1) is 5.54 Å². The van der Waals surface area contributed by atoms with Crippen LogP contribution in [-0.2, 0) is 5.54 Å². The summed E-state index contributed by atoms with van der Waals surface area (Å²) < 4.78 is 5.37. The van der Waals surface area contributed by atoms with E-state index < -0.39 is 0 Å². The van der Waals surface area contributed by atoms with Gasteiger partial charge in [0.2, 0.25) is 5.89 Å². The molecule has 1 saturated carbocycles. The molecular weight excluding hydrogens is 214 g/mol. The van der Waals surface area contributed by atoms with Gasteiger partial charge in [0.15, 0.2) is 5.82 Å². The molecule has 1 aliphatic carbocycles.